The molecular weight excluding hydrogens is 454 g/mol. The van der Waals surface area contributed by atoms with E-state index in [1.54, 1.807) is 44.2 Å². The number of ether oxygens (including phenoxy) is 1. The number of carbonyl (C=O) groups is 3. The highest BCUT2D eigenvalue weighted by molar-refractivity contribution is 7.81. The molecular formula is C21H29N3O8S. The van der Waals surface area contributed by atoms with E-state index in [1.165, 1.54) is 7.05 Å². The minimum atomic E-state index is -4.57. The summed E-state index contributed by atoms with van der Waals surface area (Å²) in [4.78, 5) is 37.4. The van der Waals surface area contributed by atoms with Gasteiger partial charge in [-0.15, -0.1) is 4.28 Å². The van der Waals surface area contributed by atoms with Gasteiger partial charge in [-0.2, -0.15) is 13.5 Å². The molecule has 2 atom stereocenters. The van der Waals surface area contributed by atoms with Crippen LogP contribution in [0.2, 0.25) is 0 Å². The number of rotatable bonds is 11. The van der Waals surface area contributed by atoms with E-state index in [1.807, 2.05) is 0 Å². The standard InChI is InChI=1S/C21H29N3O8S/c1-20(2,11-7-13-30-17(25)15-8-5-4-6-9-15)14-31-33(28,29)32-24-16-10-12-21(16,18(22)26)23(3)19(24)27/h4-6,8-9,16H,7,10-14H2,1-3H3,(H2,22,26)/t16-,21+/m1/s1. The van der Waals surface area contributed by atoms with Crippen LogP contribution in [0.1, 0.15) is 49.9 Å². The second-order valence-electron chi connectivity index (χ2n) is 9.03. The third kappa shape index (κ3) is 5.12. The van der Waals surface area contributed by atoms with Crippen LogP contribution in [0.15, 0.2) is 30.3 Å². The first-order chi connectivity index (χ1) is 15.4. The molecule has 12 heteroatoms. The van der Waals surface area contributed by atoms with Crippen molar-refractivity contribution in [3.63, 3.8) is 0 Å². The zero-order chi connectivity index (χ0) is 24.4. The van der Waals surface area contributed by atoms with Gasteiger partial charge in [-0.25, -0.2) is 13.8 Å². The second-order valence-corrected chi connectivity index (χ2v) is 10.2. The molecule has 1 saturated heterocycles. The summed E-state index contributed by atoms with van der Waals surface area (Å²) in [5.41, 5.74) is 4.04. The minimum absolute atomic E-state index is 0.173. The molecule has 3 amide bonds. The maximum Gasteiger partial charge on any atom is 0.421 e. The Morgan fingerprint density at radius 1 is 1.24 bits per heavy atom. The lowest BCUT2D eigenvalue weighted by Gasteiger charge is -2.44. The number of nitrogens with two attached hydrogens (primary N) is 1. The molecule has 0 unspecified atom stereocenters. The van der Waals surface area contributed by atoms with Crippen LogP contribution in [0.5, 0.6) is 0 Å². The lowest BCUT2D eigenvalue weighted by atomic mass is 9.71. The number of primary amides is 1. The van der Waals surface area contributed by atoms with Gasteiger partial charge in [0.05, 0.1) is 24.8 Å². The summed E-state index contributed by atoms with van der Waals surface area (Å²) in [6.45, 7) is 3.54. The summed E-state index contributed by atoms with van der Waals surface area (Å²) in [5.74, 6) is -1.14. The van der Waals surface area contributed by atoms with E-state index in [9.17, 15) is 22.8 Å². The van der Waals surface area contributed by atoms with Crippen LogP contribution < -0.4 is 5.73 Å². The maximum atomic E-state index is 12.4. The van der Waals surface area contributed by atoms with E-state index in [2.05, 4.69) is 0 Å². The number of esters is 1. The van der Waals surface area contributed by atoms with Crippen LogP contribution in [0, 0.1) is 5.41 Å². The van der Waals surface area contributed by atoms with Crippen molar-refractivity contribution in [1.29, 1.82) is 0 Å². The molecule has 2 fully saturated rings. The number of benzene rings is 1. The summed E-state index contributed by atoms with van der Waals surface area (Å²) in [7, 11) is -3.19. The third-order valence-corrected chi connectivity index (χ3v) is 6.89. The highest BCUT2D eigenvalue weighted by atomic mass is 32.3. The monoisotopic (exact) mass is 483 g/mol. The Hall–Kier alpha value is -2.70. The molecule has 2 N–H and O–H groups in total. The fourth-order valence-electron chi connectivity index (χ4n) is 4.03. The van der Waals surface area contributed by atoms with Gasteiger partial charge in [0.1, 0.15) is 5.54 Å². The summed E-state index contributed by atoms with van der Waals surface area (Å²) in [6.07, 6.45) is 1.71. The Kier molecular flexibility index (Phi) is 7.01. The lowest BCUT2D eigenvalue weighted by Crippen LogP contribution is -2.66. The van der Waals surface area contributed by atoms with Crippen molar-refractivity contribution in [2.45, 2.75) is 51.1 Å². The Morgan fingerprint density at radius 2 is 1.91 bits per heavy atom. The van der Waals surface area contributed by atoms with Crippen LogP contribution in [0.4, 0.5) is 4.79 Å². The SMILES string of the molecule is CN1C(=O)N(OS(=O)(=O)OCC(C)(C)CCCOC(=O)c2ccccc2)[C@@H]2CC[C@@]21C(N)=O. The Balaban J connectivity index is 1.47. The molecule has 0 spiro atoms. The number of amides is 3. The largest absolute Gasteiger partial charge is 0.462 e. The van der Waals surface area contributed by atoms with Crippen molar-refractivity contribution >= 4 is 28.3 Å². The summed E-state index contributed by atoms with van der Waals surface area (Å²) in [6, 6.07) is 7.03. The molecule has 1 aromatic carbocycles. The van der Waals surface area contributed by atoms with Crippen LogP contribution in [-0.4, -0.2) is 68.1 Å². The van der Waals surface area contributed by atoms with E-state index < -0.39 is 45.3 Å². The van der Waals surface area contributed by atoms with Gasteiger partial charge in [0.15, 0.2) is 0 Å². The van der Waals surface area contributed by atoms with E-state index in [0.29, 0.717) is 36.3 Å². The van der Waals surface area contributed by atoms with Crippen LogP contribution >= 0.6 is 0 Å². The van der Waals surface area contributed by atoms with Gasteiger partial charge in [-0.05, 0) is 43.2 Å². The number of hydrogen-bond acceptors (Lipinski definition) is 8. The van der Waals surface area contributed by atoms with Crippen molar-refractivity contribution in [3.05, 3.63) is 35.9 Å². The van der Waals surface area contributed by atoms with Gasteiger partial charge in [-0.1, -0.05) is 32.0 Å². The molecule has 1 heterocycles. The second kappa shape index (κ2) is 9.27. The molecule has 1 aliphatic carbocycles. The number of urea groups is 1. The van der Waals surface area contributed by atoms with Gasteiger partial charge in [0, 0.05) is 7.05 Å². The number of fused-ring (bicyclic) bond motifs is 1. The van der Waals surface area contributed by atoms with Gasteiger partial charge in [-0.3, -0.25) is 4.79 Å². The summed E-state index contributed by atoms with van der Waals surface area (Å²) in [5, 5.41) is 0.652. The topological polar surface area (TPSA) is 146 Å². The fourth-order valence-corrected chi connectivity index (χ4v) is 4.91. The fraction of sp³-hybridized carbons (Fsp3) is 0.571. The van der Waals surface area contributed by atoms with Crippen molar-refractivity contribution in [1.82, 2.24) is 9.96 Å². The van der Waals surface area contributed by atoms with Gasteiger partial charge in [0.2, 0.25) is 5.91 Å². The number of hydroxylamine groups is 2. The third-order valence-electron chi connectivity index (χ3n) is 6.14. The smallest absolute Gasteiger partial charge is 0.421 e. The first kappa shape index (κ1) is 24.9. The number of nitrogens with zero attached hydrogens (tertiary/aromatic N) is 2. The Labute approximate surface area is 193 Å². The molecule has 3 rings (SSSR count). The zero-order valence-electron chi connectivity index (χ0n) is 18.9. The molecule has 2 aliphatic rings. The lowest BCUT2D eigenvalue weighted by molar-refractivity contribution is -0.140. The normalized spacial score (nSPS) is 22.6. The Bertz CT molecular complexity index is 1010. The number of carbonyl (C=O) groups excluding carboxylic acids is 3. The Morgan fingerprint density at radius 3 is 2.45 bits per heavy atom. The highest BCUT2D eigenvalue weighted by Crippen LogP contribution is 2.46. The zero-order valence-corrected chi connectivity index (χ0v) is 19.7. The van der Waals surface area contributed by atoms with E-state index in [4.69, 9.17) is 18.9 Å². The van der Waals surface area contributed by atoms with Gasteiger partial charge in [0.25, 0.3) is 0 Å². The summed E-state index contributed by atoms with van der Waals surface area (Å²) >= 11 is 0. The predicted octanol–water partition coefficient (Wildman–Crippen LogP) is 1.60. The molecule has 0 radical (unpaired) electrons. The van der Waals surface area contributed by atoms with Gasteiger partial charge >= 0.3 is 22.4 Å². The first-order valence-electron chi connectivity index (χ1n) is 10.6. The van der Waals surface area contributed by atoms with Crippen LogP contribution in [0.3, 0.4) is 0 Å². The average molecular weight is 484 g/mol. The highest BCUT2D eigenvalue weighted by Gasteiger charge is 2.67. The van der Waals surface area contributed by atoms with Gasteiger partial charge < -0.3 is 15.4 Å². The summed E-state index contributed by atoms with van der Waals surface area (Å²) < 4.78 is 39.9. The maximum absolute atomic E-state index is 12.4. The van der Waals surface area contributed by atoms with Crippen molar-refractivity contribution in [2.24, 2.45) is 11.1 Å². The quantitative estimate of drug-likeness (QED) is 0.369. The molecule has 1 saturated carbocycles. The minimum Gasteiger partial charge on any atom is -0.462 e. The molecule has 11 nitrogen and oxygen atoms in total. The van der Waals surface area contributed by atoms with Crippen molar-refractivity contribution < 1.29 is 36.0 Å². The predicted molar refractivity (Wildman–Crippen MR) is 116 cm³/mol. The van der Waals surface area contributed by atoms with Crippen LogP contribution in [-0.2, 0) is 28.4 Å². The van der Waals surface area contributed by atoms with Crippen molar-refractivity contribution in [2.75, 3.05) is 20.3 Å². The average Bonchev–Trinajstić information content (AvgIpc) is 2.87. The van der Waals surface area contributed by atoms with Crippen molar-refractivity contribution in [3.8, 4) is 0 Å². The molecule has 1 aromatic rings. The molecule has 1 aliphatic heterocycles. The first-order valence-corrected chi connectivity index (χ1v) is 11.9. The molecule has 0 bridgehead atoms. The molecule has 33 heavy (non-hydrogen) atoms. The van der Waals surface area contributed by atoms with E-state index >= 15 is 0 Å². The van der Waals surface area contributed by atoms with E-state index in [-0.39, 0.29) is 13.2 Å². The number of hydrogen-bond donors (Lipinski definition) is 1. The molecule has 0 aromatic heterocycles. The van der Waals surface area contributed by atoms with Crippen LogP contribution in [0.25, 0.3) is 0 Å². The van der Waals surface area contributed by atoms with E-state index in [0.717, 1.165) is 4.90 Å². The number of likely N-dealkylation sites (N-methyl/N-ethyl adjacent to an activating group) is 1. The molecule has 182 valence electrons.